The zero-order valence-corrected chi connectivity index (χ0v) is 10.3. The molecule has 86 valence electrons. The summed E-state index contributed by atoms with van der Waals surface area (Å²) < 4.78 is 0. The molecule has 1 rings (SSSR count). The van der Waals surface area contributed by atoms with Gasteiger partial charge in [0.05, 0.1) is 18.2 Å². The number of halogens is 1. The Kier molecular flexibility index (Phi) is 4.32. The van der Waals surface area contributed by atoms with Crippen molar-refractivity contribution in [3.8, 4) is 6.07 Å². The van der Waals surface area contributed by atoms with E-state index in [1.54, 1.807) is 13.2 Å². The predicted molar refractivity (Wildman–Crippen MR) is 64.6 cm³/mol. The summed E-state index contributed by atoms with van der Waals surface area (Å²) in [7, 11) is 3.59. The smallest absolute Gasteiger partial charge is 0.224 e. The first-order valence-corrected chi connectivity index (χ1v) is 5.27. The van der Waals surface area contributed by atoms with Crippen LogP contribution in [-0.4, -0.2) is 30.6 Å². The van der Waals surface area contributed by atoms with Crippen LogP contribution >= 0.6 is 11.6 Å². The van der Waals surface area contributed by atoms with Gasteiger partial charge in [-0.05, 0) is 6.92 Å². The lowest BCUT2D eigenvalue weighted by atomic mass is 10.2. The summed E-state index contributed by atoms with van der Waals surface area (Å²) in [5, 5.41) is 12.1. The van der Waals surface area contributed by atoms with Crippen LogP contribution in [0.15, 0.2) is 6.20 Å². The molecule has 0 bridgehead atoms. The highest BCUT2D eigenvalue weighted by molar-refractivity contribution is 6.32. The Morgan fingerprint density at radius 3 is 2.94 bits per heavy atom. The predicted octanol–water partition coefficient (Wildman–Crippen LogP) is 1.77. The molecule has 6 heteroatoms. The Labute approximate surface area is 100 Å². The maximum absolute atomic E-state index is 8.75. The molecule has 0 aliphatic carbocycles. The molecule has 0 radical (unpaired) electrons. The van der Waals surface area contributed by atoms with Gasteiger partial charge in [-0.2, -0.15) is 10.2 Å². The van der Waals surface area contributed by atoms with E-state index >= 15 is 0 Å². The summed E-state index contributed by atoms with van der Waals surface area (Å²) in [6.07, 6.45) is 1.54. The molecule has 0 saturated carbocycles. The highest BCUT2D eigenvalue weighted by Crippen LogP contribution is 2.23. The number of anilines is 2. The average Bonchev–Trinajstić information content (AvgIpc) is 2.29. The van der Waals surface area contributed by atoms with Crippen LogP contribution in [0.2, 0.25) is 5.02 Å². The molecule has 1 aromatic rings. The van der Waals surface area contributed by atoms with E-state index in [-0.39, 0.29) is 5.92 Å². The zero-order chi connectivity index (χ0) is 12.1. The highest BCUT2D eigenvalue weighted by atomic mass is 35.5. The Hall–Kier alpha value is -1.54. The van der Waals surface area contributed by atoms with Gasteiger partial charge in [-0.15, -0.1) is 0 Å². The molecule has 0 saturated heterocycles. The van der Waals surface area contributed by atoms with Crippen LogP contribution in [0.25, 0.3) is 0 Å². The molecule has 1 heterocycles. The van der Waals surface area contributed by atoms with Gasteiger partial charge in [0.15, 0.2) is 5.82 Å². The molecule has 1 N–H and O–H groups in total. The molecular formula is C10H14ClN5. The Bertz CT molecular complexity index is 401. The molecule has 5 nitrogen and oxygen atoms in total. The van der Waals surface area contributed by atoms with Crippen molar-refractivity contribution in [2.75, 3.05) is 30.9 Å². The molecule has 0 amide bonds. The first-order valence-electron chi connectivity index (χ1n) is 4.89. The molecule has 1 atom stereocenters. The minimum absolute atomic E-state index is 0.0749. The van der Waals surface area contributed by atoms with Gasteiger partial charge in [0.2, 0.25) is 5.95 Å². The minimum atomic E-state index is -0.0749. The maximum Gasteiger partial charge on any atom is 0.224 e. The SMILES string of the molecule is CNc1ncc(Cl)c(N(C)CC(C)C#N)n1. The van der Waals surface area contributed by atoms with Crippen LogP contribution in [0.4, 0.5) is 11.8 Å². The van der Waals surface area contributed by atoms with Crippen LogP contribution in [0.1, 0.15) is 6.92 Å². The van der Waals surface area contributed by atoms with Gasteiger partial charge in [-0.1, -0.05) is 11.6 Å². The molecule has 0 aromatic carbocycles. The quantitative estimate of drug-likeness (QED) is 0.868. The first kappa shape index (κ1) is 12.5. The summed E-state index contributed by atoms with van der Waals surface area (Å²) in [6, 6.07) is 2.17. The highest BCUT2D eigenvalue weighted by Gasteiger charge is 2.12. The van der Waals surface area contributed by atoms with Crippen LogP contribution in [-0.2, 0) is 0 Å². The lowest BCUT2D eigenvalue weighted by Crippen LogP contribution is -2.24. The number of nitriles is 1. The second-order valence-electron chi connectivity index (χ2n) is 3.53. The third-order valence-corrected chi connectivity index (χ3v) is 2.35. The number of nitrogens with zero attached hydrogens (tertiary/aromatic N) is 4. The van der Waals surface area contributed by atoms with Gasteiger partial charge in [0.1, 0.15) is 5.02 Å². The van der Waals surface area contributed by atoms with E-state index in [2.05, 4.69) is 21.4 Å². The topological polar surface area (TPSA) is 64.8 Å². The lowest BCUT2D eigenvalue weighted by molar-refractivity contribution is 0.710. The molecule has 0 aliphatic rings. The standard InChI is InChI=1S/C10H14ClN5/c1-7(4-12)6-16(3)9-8(11)5-14-10(13-2)15-9/h5,7H,6H2,1-3H3,(H,13,14,15). The van der Waals surface area contributed by atoms with Crippen molar-refractivity contribution in [1.82, 2.24) is 9.97 Å². The van der Waals surface area contributed by atoms with E-state index in [0.29, 0.717) is 23.3 Å². The normalized spacial score (nSPS) is 11.7. The number of hydrogen-bond donors (Lipinski definition) is 1. The van der Waals surface area contributed by atoms with E-state index in [1.807, 2.05) is 18.9 Å². The largest absolute Gasteiger partial charge is 0.357 e. The van der Waals surface area contributed by atoms with Crippen molar-refractivity contribution in [1.29, 1.82) is 5.26 Å². The van der Waals surface area contributed by atoms with E-state index in [4.69, 9.17) is 16.9 Å². The van der Waals surface area contributed by atoms with Crippen molar-refractivity contribution in [3.63, 3.8) is 0 Å². The Morgan fingerprint density at radius 2 is 2.38 bits per heavy atom. The van der Waals surface area contributed by atoms with Crippen molar-refractivity contribution in [3.05, 3.63) is 11.2 Å². The van der Waals surface area contributed by atoms with Crippen molar-refractivity contribution < 1.29 is 0 Å². The molecule has 1 aromatic heterocycles. The summed E-state index contributed by atoms with van der Waals surface area (Å²) in [6.45, 7) is 2.43. The summed E-state index contributed by atoms with van der Waals surface area (Å²) in [4.78, 5) is 10.1. The average molecular weight is 240 g/mol. The van der Waals surface area contributed by atoms with Crippen molar-refractivity contribution in [2.24, 2.45) is 5.92 Å². The third kappa shape index (κ3) is 2.97. The third-order valence-electron chi connectivity index (χ3n) is 2.08. The Morgan fingerprint density at radius 1 is 1.69 bits per heavy atom. The van der Waals surface area contributed by atoms with E-state index < -0.39 is 0 Å². The molecule has 1 unspecified atom stereocenters. The summed E-state index contributed by atoms with van der Waals surface area (Å²) in [5.41, 5.74) is 0. The van der Waals surface area contributed by atoms with E-state index in [0.717, 1.165) is 0 Å². The summed E-state index contributed by atoms with van der Waals surface area (Å²) >= 11 is 6.00. The fourth-order valence-corrected chi connectivity index (χ4v) is 1.52. The molecular weight excluding hydrogens is 226 g/mol. The number of nitrogens with one attached hydrogen (secondary N) is 1. The second-order valence-corrected chi connectivity index (χ2v) is 3.93. The van der Waals surface area contributed by atoms with Gasteiger partial charge in [0.25, 0.3) is 0 Å². The lowest BCUT2D eigenvalue weighted by Gasteiger charge is -2.20. The van der Waals surface area contributed by atoms with E-state index in [9.17, 15) is 0 Å². The van der Waals surface area contributed by atoms with Crippen LogP contribution in [0.5, 0.6) is 0 Å². The van der Waals surface area contributed by atoms with Crippen LogP contribution in [0, 0.1) is 17.2 Å². The molecule has 0 fully saturated rings. The first-order chi connectivity index (χ1) is 7.58. The second kappa shape index (κ2) is 5.52. The van der Waals surface area contributed by atoms with Gasteiger partial charge < -0.3 is 10.2 Å². The zero-order valence-electron chi connectivity index (χ0n) is 9.53. The summed E-state index contributed by atoms with van der Waals surface area (Å²) in [5.74, 6) is 1.06. The van der Waals surface area contributed by atoms with Crippen molar-refractivity contribution in [2.45, 2.75) is 6.92 Å². The minimum Gasteiger partial charge on any atom is -0.357 e. The fraction of sp³-hybridized carbons (Fsp3) is 0.500. The number of rotatable bonds is 4. The monoisotopic (exact) mass is 239 g/mol. The van der Waals surface area contributed by atoms with Crippen LogP contribution in [0.3, 0.4) is 0 Å². The number of hydrogen-bond acceptors (Lipinski definition) is 5. The van der Waals surface area contributed by atoms with Crippen molar-refractivity contribution >= 4 is 23.4 Å². The number of aromatic nitrogens is 2. The molecule has 16 heavy (non-hydrogen) atoms. The maximum atomic E-state index is 8.75. The van der Waals surface area contributed by atoms with Crippen LogP contribution < -0.4 is 10.2 Å². The van der Waals surface area contributed by atoms with Gasteiger partial charge in [0, 0.05) is 20.6 Å². The van der Waals surface area contributed by atoms with Gasteiger partial charge >= 0.3 is 0 Å². The van der Waals surface area contributed by atoms with E-state index in [1.165, 1.54) is 0 Å². The van der Waals surface area contributed by atoms with Gasteiger partial charge in [-0.3, -0.25) is 0 Å². The van der Waals surface area contributed by atoms with Gasteiger partial charge in [-0.25, -0.2) is 4.98 Å². The molecule has 0 spiro atoms. The Balaban J connectivity index is 2.90. The molecule has 0 aliphatic heterocycles. The fourth-order valence-electron chi connectivity index (χ4n) is 1.28.